The van der Waals surface area contributed by atoms with Crippen molar-refractivity contribution in [2.75, 3.05) is 13.2 Å². The topological polar surface area (TPSA) is 82.2 Å². The molecule has 3 heterocycles. The lowest BCUT2D eigenvalue weighted by molar-refractivity contribution is -0.135. The quantitative estimate of drug-likeness (QED) is 0.903. The minimum absolute atomic E-state index is 0.0349. The summed E-state index contributed by atoms with van der Waals surface area (Å²) in [6.07, 6.45) is 3.95. The van der Waals surface area contributed by atoms with Gasteiger partial charge in [0.2, 0.25) is 5.91 Å². The number of rotatable bonds is 5. The van der Waals surface area contributed by atoms with Crippen LogP contribution in [0.3, 0.4) is 0 Å². The molecule has 24 heavy (non-hydrogen) atoms. The summed E-state index contributed by atoms with van der Waals surface area (Å²) < 4.78 is 12.8. The zero-order valence-electron chi connectivity index (χ0n) is 14.4. The highest BCUT2D eigenvalue weighted by Crippen LogP contribution is 2.33. The number of aryl methyl sites for hydroxylation is 3. The van der Waals surface area contributed by atoms with E-state index in [-0.39, 0.29) is 17.9 Å². The van der Waals surface area contributed by atoms with Gasteiger partial charge in [0.05, 0.1) is 17.3 Å². The second-order valence-corrected chi connectivity index (χ2v) is 6.26. The second kappa shape index (κ2) is 7.17. The number of hydrogen-bond acceptors (Lipinski definition) is 5. The first-order valence-corrected chi connectivity index (χ1v) is 8.37. The summed E-state index contributed by atoms with van der Waals surface area (Å²) in [6, 6.07) is 1.92. The van der Waals surface area contributed by atoms with Gasteiger partial charge in [-0.3, -0.25) is 9.48 Å². The van der Waals surface area contributed by atoms with Crippen LogP contribution in [0, 0.1) is 19.8 Å². The van der Waals surface area contributed by atoms with E-state index >= 15 is 0 Å². The largest absolute Gasteiger partial charge is 0.371 e. The van der Waals surface area contributed by atoms with Crippen molar-refractivity contribution in [3.05, 3.63) is 35.0 Å². The molecule has 7 nitrogen and oxygen atoms in total. The number of ether oxygens (including phenoxy) is 1. The molecule has 7 heteroatoms. The van der Waals surface area contributed by atoms with Gasteiger partial charge < -0.3 is 14.6 Å². The summed E-state index contributed by atoms with van der Waals surface area (Å²) in [5.74, 6) is 0.669. The van der Waals surface area contributed by atoms with Crippen molar-refractivity contribution in [2.45, 2.75) is 39.2 Å². The van der Waals surface area contributed by atoms with Gasteiger partial charge in [0.1, 0.15) is 11.9 Å². The number of nitrogens with zero attached hydrogens (tertiary/aromatic N) is 3. The summed E-state index contributed by atoms with van der Waals surface area (Å²) in [5, 5.41) is 11.2. The Bertz CT molecular complexity index is 687. The van der Waals surface area contributed by atoms with Gasteiger partial charge in [-0.25, -0.2) is 0 Å². The van der Waals surface area contributed by atoms with E-state index in [1.54, 1.807) is 10.9 Å². The van der Waals surface area contributed by atoms with Gasteiger partial charge in [0.15, 0.2) is 0 Å². The molecule has 2 aromatic heterocycles. The highest BCUT2D eigenvalue weighted by atomic mass is 16.5. The van der Waals surface area contributed by atoms with E-state index < -0.39 is 0 Å². The summed E-state index contributed by atoms with van der Waals surface area (Å²) in [6.45, 7) is 5.06. The van der Waals surface area contributed by atoms with Crippen molar-refractivity contribution in [1.82, 2.24) is 20.3 Å². The maximum atomic E-state index is 12.7. The summed E-state index contributed by atoms with van der Waals surface area (Å²) >= 11 is 0. The van der Waals surface area contributed by atoms with E-state index in [0.29, 0.717) is 13.2 Å². The van der Waals surface area contributed by atoms with Gasteiger partial charge in [-0.05, 0) is 39.2 Å². The van der Waals surface area contributed by atoms with Gasteiger partial charge in [0, 0.05) is 32.0 Å². The maximum Gasteiger partial charge on any atom is 0.226 e. The normalized spacial score (nSPS) is 21.0. The van der Waals surface area contributed by atoms with E-state index in [1.807, 2.05) is 27.0 Å². The van der Waals surface area contributed by atoms with Crippen molar-refractivity contribution in [1.29, 1.82) is 0 Å². The lowest BCUT2D eigenvalue weighted by Gasteiger charge is -2.30. The van der Waals surface area contributed by atoms with Crippen LogP contribution in [0.5, 0.6) is 0 Å². The molecule has 0 saturated carbocycles. The van der Waals surface area contributed by atoms with Gasteiger partial charge in [-0.15, -0.1) is 0 Å². The minimum Gasteiger partial charge on any atom is -0.371 e. The van der Waals surface area contributed by atoms with Crippen LogP contribution in [0.15, 0.2) is 16.8 Å². The molecule has 2 aromatic rings. The number of nitrogens with one attached hydrogen (secondary N) is 1. The van der Waals surface area contributed by atoms with Crippen LogP contribution in [0.4, 0.5) is 0 Å². The van der Waals surface area contributed by atoms with Crippen LogP contribution in [-0.4, -0.2) is 34.0 Å². The third-order valence-corrected chi connectivity index (χ3v) is 4.66. The Morgan fingerprint density at radius 2 is 2.29 bits per heavy atom. The van der Waals surface area contributed by atoms with Crippen LogP contribution in [0.2, 0.25) is 0 Å². The highest BCUT2D eigenvalue weighted by Gasteiger charge is 2.34. The lowest BCUT2D eigenvalue weighted by atomic mass is 9.91. The molecule has 0 radical (unpaired) electrons. The number of aromatic nitrogens is 3. The molecule has 0 spiro atoms. The molecule has 1 N–H and O–H groups in total. The standard InChI is InChI=1S/C17H24N4O3/c1-11-13(12(2)24-20-11)6-8-18-17(22)14-5-4-10-23-16(14)15-7-9-19-21(15)3/h7,9,14,16H,4-6,8,10H2,1-3H3,(H,18,22)/t14-,16-/m1/s1. The fourth-order valence-electron chi connectivity index (χ4n) is 3.30. The summed E-state index contributed by atoms with van der Waals surface area (Å²) in [4.78, 5) is 12.7. The van der Waals surface area contributed by atoms with Crippen molar-refractivity contribution >= 4 is 5.91 Å². The third-order valence-electron chi connectivity index (χ3n) is 4.66. The third kappa shape index (κ3) is 3.36. The lowest BCUT2D eigenvalue weighted by Crippen LogP contribution is -2.39. The number of carbonyl (C=O) groups is 1. The van der Waals surface area contributed by atoms with Crippen LogP contribution in [-0.2, 0) is 23.0 Å². The van der Waals surface area contributed by atoms with Crippen LogP contribution in [0.25, 0.3) is 0 Å². The zero-order chi connectivity index (χ0) is 17.1. The molecule has 130 valence electrons. The molecule has 1 aliphatic rings. The number of amides is 1. The molecule has 0 aliphatic carbocycles. The van der Waals surface area contributed by atoms with E-state index in [0.717, 1.165) is 42.0 Å². The molecule has 0 bridgehead atoms. The molecular formula is C17H24N4O3. The summed E-state index contributed by atoms with van der Waals surface area (Å²) in [7, 11) is 1.87. The molecule has 1 saturated heterocycles. The Labute approximate surface area is 141 Å². The van der Waals surface area contributed by atoms with Gasteiger partial charge >= 0.3 is 0 Å². The molecule has 1 fully saturated rings. The van der Waals surface area contributed by atoms with Crippen molar-refractivity contribution in [2.24, 2.45) is 13.0 Å². The summed E-state index contributed by atoms with van der Waals surface area (Å²) in [5.41, 5.74) is 2.90. The molecule has 2 atom stereocenters. The molecule has 0 unspecified atom stereocenters. The average Bonchev–Trinajstić information content (AvgIpc) is 3.14. The number of carbonyl (C=O) groups excluding carboxylic acids is 1. The Kier molecular flexibility index (Phi) is 4.99. The van der Waals surface area contributed by atoms with E-state index in [2.05, 4.69) is 15.6 Å². The first kappa shape index (κ1) is 16.7. The predicted molar refractivity (Wildman–Crippen MR) is 87.3 cm³/mol. The molecule has 1 amide bonds. The Morgan fingerprint density at radius 1 is 1.46 bits per heavy atom. The molecular weight excluding hydrogens is 308 g/mol. The average molecular weight is 332 g/mol. The van der Waals surface area contributed by atoms with Crippen LogP contribution in [0.1, 0.15) is 41.7 Å². The second-order valence-electron chi connectivity index (χ2n) is 6.26. The van der Waals surface area contributed by atoms with Crippen LogP contribution >= 0.6 is 0 Å². The van der Waals surface area contributed by atoms with Crippen molar-refractivity contribution in [3.8, 4) is 0 Å². The first-order chi connectivity index (χ1) is 11.6. The minimum atomic E-state index is -0.231. The zero-order valence-corrected chi connectivity index (χ0v) is 14.4. The van der Waals surface area contributed by atoms with E-state index in [9.17, 15) is 4.79 Å². The first-order valence-electron chi connectivity index (χ1n) is 8.37. The van der Waals surface area contributed by atoms with Gasteiger partial charge in [-0.2, -0.15) is 5.10 Å². The van der Waals surface area contributed by atoms with Crippen LogP contribution < -0.4 is 5.32 Å². The highest BCUT2D eigenvalue weighted by molar-refractivity contribution is 5.79. The van der Waals surface area contributed by atoms with Gasteiger partial charge in [0.25, 0.3) is 0 Å². The van der Waals surface area contributed by atoms with E-state index in [1.165, 1.54) is 0 Å². The Morgan fingerprint density at radius 3 is 2.96 bits per heavy atom. The molecule has 0 aromatic carbocycles. The molecule has 3 rings (SSSR count). The Hall–Kier alpha value is -2.15. The SMILES string of the molecule is Cc1noc(C)c1CCNC(=O)[C@@H]1CCCO[C@H]1c1ccnn1C. The monoisotopic (exact) mass is 332 g/mol. The Balaban J connectivity index is 1.61. The maximum absolute atomic E-state index is 12.7. The van der Waals surface area contributed by atoms with Crippen molar-refractivity contribution < 1.29 is 14.1 Å². The number of hydrogen-bond donors (Lipinski definition) is 1. The predicted octanol–water partition coefficient (Wildman–Crippen LogP) is 1.85. The van der Waals surface area contributed by atoms with E-state index in [4.69, 9.17) is 9.26 Å². The van der Waals surface area contributed by atoms with Crippen molar-refractivity contribution in [3.63, 3.8) is 0 Å². The smallest absolute Gasteiger partial charge is 0.226 e. The fraction of sp³-hybridized carbons (Fsp3) is 0.588. The molecule has 1 aliphatic heterocycles. The fourth-order valence-corrected chi connectivity index (χ4v) is 3.30. The van der Waals surface area contributed by atoms with Gasteiger partial charge in [-0.1, -0.05) is 5.16 Å².